The number of carbonyl (C=O) groups excluding carboxylic acids is 1. The van der Waals surface area contributed by atoms with Crippen molar-refractivity contribution in [2.24, 2.45) is 0 Å². The van der Waals surface area contributed by atoms with E-state index in [1.165, 1.54) is 23.3 Å². The molecule has 0 aromatic heterocycles. The van der Waals surface area contributed by atoms with Crippen molar-refractivity contribution in [3.05, 3.63) is 71.0 Å². The van der Waals surface area contributed by atoms with Crippen LogP contribution < -0.4 is 0 Å². The molecule has 0 spiro atoms. The van der Waals surface area contributed by atoms with Crippen molar-refractivity contribution in [1.29, 1.82) is 0 Å². The number of benzene rings is 2. The van der Waals surface area contributed by atoms with Gasteiger partial charge in [0.25, 0.3) is 0 Å². The first-order valence-electron chi connectivity index (χ1n) is 9.50. The lowest BCUT2D eigenvalue weighted by Gasteiger charge is -2.42. The molecule has 2 aliphatic rings. The molecule has 1 atom stereocenters. The van der Waals surface area contributed by atoms with Crippen LogP contribution >= 0.6 is 0 Å². The monoisotopic (exact) mass is 368 g/mol. The highest BCUT2D eigenvalue weighted by molar-refractivity contribution is 5.82. The number of likely N-dealkylation sites (N-methyl/N-ethyl adjacent to an activating group) is 1. The van der Waals surface area contributed by atoms with Gasteiger partial charge in [0.05, 0.1) is 11.6 Å². The van der Waals surface area contributed by atoms with Crippen LogP contribution in [0.1, 0.15) is 29.5 Å². The van der Waals surface area contributed by atoms with E-state index in [0.29, 0.717) is 25.9 Å². The van der Waals surface area contributed by atoms with Gasteiger partial charge in [-0.05, 0) is 55.1 Å². The summed E-state index contributed by atoms with van der Waals surface area (Å²) in [6.07, 6.45) is 1.67. The van der Waals surface area contributed by atoms with Crippen molar-refractivity contribution in [3.8, 4) is 0 Å². The molecule has 27 heavy (non-hydrogen) atoms. The summed E-state index contributed by atoms with van der Waals surface area (Å²) in [6.45, 7) is 1.80. The summed E-state index contributed by atoms with van der Waals surface area (Å²) in [4.78, 5) is 17.1. The van der Waals surface area contributed by atoms with E-state index in [1.54, 1.807) is 12.1 Å². The van der Waals surface area contributed by atoms with Gasteiger partial charge in [-0.2, -0.15) is 0 Å². The normalized spacial score (nSPS) is 22.3. The van der Waals surface area contributed by atoms with Crippen molar-refractivity contribution in [3.63, 3.8) is 0 Å². The largest absolute Gasteiger partial charge is 0.385 e. The molecular weight excluding hydrogens is 343 g/mol. The van der Waals surface area contributed by atoms with E-state index in [9.17, 15) is 14.3 Å². The predicted molar refractivity (Wildman–Crippen MR) is 102 cm³/mol. The Morgan fingerprint density at radius 2 is 1.70 bits per heavy atom. The van der Waals surface area contributed by atoms with Crippen LogP contribution in [0.3, 0.4) is 0 Å². The third-order valence-electron chi connectivity index (χ3n) is 6.05. The Balaban J connectivity index is 1.44. The maximum absolute atomic E-state index is 13.2. The first-order valence-corrected chi connectivity index (χ1v) is 9.50. The number of halogens is 1. The molecule has 1 amide bonds. The summed E-state index contributed by atoms with van der Waals surface area (Å²) >= 11 is 0. The second-order valence-corrected chi connectivity index (χ2v) is 7.77. The molecule has 0 unspecified atom stereocenters. The molecule has 1 N–H and O–H groups in total. The number of fused-ring (bicyclic) bond motifs is 1. The fourth-order valence-corrected chi connectivity index (χ4v) is 4.29. The summed E-state index contributed by atoms with van der Waals surface area (Å²) in [6, 6.07) is 14.2. The van der Waals surface area contributed by atoms with Crippen LogP contribution in [0.5, 0.6) is 0 Å². The number of hydrogen-bond acceptors (Lipinski definition) is 3. The minimum absolute atomic E-state index is 0.133. The summed E-state index contributed by atoms with van der Waals surface area (Å²) < 4.78 is 13.2. The van der Waals surface area contributed by atoms with Gasteiger partial charge in [0.1, 0.15) is 5.82 Å². The van der Waals surface area contributed by atoms with Crippen molar-refractivity contribution in [2.75, 3.05) is 20.1 Å². The Morgan fingerprint density at radius 1 is 1.07 bits per heavy atom. The van der Waals surface area contributed by atoms with E-state index in [-0.39, 0.29) is 17.8 Å². The van der Waals surface area contributed by atoms with Gasteiger partial charge in [0.2, 0.25) is 5.91 Å². The van der Waals surface area contributed by atoms with Gasteiger partial charge in [-0.1, -0.05) is 36.4 Å². The smallest absolute Gasteiger partial charge is 0.240 e. The second-order valence-electron chi connectivity index (χ2n) is 7.77. The first-order chi connectivity index (χ1) is 13.0. The molecule has 2 aliphatic heterocycles. The van der Waals surface area contributed by atoms with Crippen molar-refractivity contribution >= 4 is 5.91 Å². The Morgan fingerprint density at radius 3 is 2.37 bits per heavy atom. The van der Waals surface area contributed by atoms with Crippen LogP contribution in [0.15, 0.2) is 48.5 Å². The van der Waals surface area contributed by atoms with E-state index >= 15 is 0 Å². The minimum Gasteiger partial charge on any atom is -0.385 e. The second kappa shape index (κ2) is 7.06. The number of aliphatic hydroxyl groups is 1. The summed E-state index contributed by atoms with van der Waals surface area (Å²) in [5.74, 6) is -0.177. The highest BCUT2D eigenvalue weighted by Crippen LogP contribution is 2.33. The van der Waals surface area contributed by atoms with Crippen LogP contribution in [0.4, 0.5) is 4.39 Å². The molecule has 0 bridgehead atoms. The standard InChI is InChI=1S/C22H25FN2O2/c1-24-15-17-5-3-2-4-16(17)14-20(24)21(26)25-12-10-22(27,11-13-25)18-6-8-19(23)9-7-18/h2-9,20,27H,10-15H2,1H3/t20-/m1/s1. The van der Waals surface area contributed by atoms with Gasteiger partial charge < -0.3 is 10.0 Å². The third kappa shape index (κ3) is 3.49. The fraction of sp³-hybridized carbons (Fsp3) is 0.409. The maximum Gasteiger partial charge on any atom is 0.240 e. The van der Waals surface area contributed by atoms with Crippen LogP contribution in [0.25, 0.3) is 0 Å². The molecule has 2 heterocycles. The summed E-state index contributed by atoms with van der Waals surface area (Å²) in [7, 11) is 2.00. The molecule has 1 fully saturated rings. The molecular formula is C22H25FN2O2. The number of hydrogen-bond donors (Lipinski definition) is 1. The zero-order chi connectivity index (χ0) is 19.0. The fourth-order valence-electron chi connectivity index (χ4n) is 4.29. The quantitative estimate of drug-likeness (QED) is 0.886. The number of amides is 1. The van der Waals surface area contributed by atoms with Crippen LogP contribution in [-0.4, -0.2) is 47.0 Å². The van der Waals surface area contributed by atoms with Crippen LogP contribution in [0.2, 0.25) is 0 Å². The van der Waals surface area contributed by atoms with Gasteiger partial charge >= 0.3 is 0 Å². The average molecular weight is 368 g/mol. The summed E-state index contributed by atoms with van der Waals surface area (Å²) in [5.41, 5.74) is 2.26. The average Bonchev–Trinajstić information content (AvgIpc) is 2.68. The number of nitrogens with zero attached hydrogens (tertiary/aromatic N) is 2. The Kier molecular flexibility index (Phi) is 4.74. The van der Waals surface area contributed by atoms with Gasteiger partial charge in [-0.25, -0.2) is 4.39 Å². The molecule has 0 saturated carbocycles. The number of likely N-dealkylation sites (tertiary alicyclic amines) is 1. The molecule has 0 aliphatic carbocycles. The number of piperidine rings is 1. The molecule has 4 rings (SSSR count). The Labute approximate surface area is 159 Å². The van der Waals surface area contributed by atoms with E-state index in [4.69, 9.17) is 0 Å². The number of carbonyl (C=O) groups is 1. The molecule has 0 radical (unpaired) electrons. The van der Waals surface area contributed by atoms with E-state index in [2.05, 4.69) is 17.0 Å². The van der Waals surface area contributed by atoms with Crippen LogP contribution in [-0.2, 0) is 23.4 Å². The van der Waals surface area contributed by atoms with Crippen molar-refractivity contribution in [1.82, 2.24) is 9.80 Å². The highest BCUT2D eigenvalue weighted by atomic mass is 19.1. The predicted octanol–water partition coefficient (Wildman–Crippen LogP) is 2.69. The lowest BCUT2D eigenvalue weighted by Crippen LogP contribution is -2.53. The Bertz CT molecular complexity index is 828. The SMILES string of the molecule is CN1Cc2ccccc2C[C@@H]1C(=O)N1CCC(O)(c2ccc(F)cc2)CC1. The van der Waals surface area contributed by atoms with Gasteiger partial charge in [-0.3, -0.25) is 9.69 Å². The summed E-state index contributed by atoms with van der Waals surface area (Å²) in [5, 5.41) is 11.0. The van der Waals surface area contributed by atoms with Crippen LogP contribution in [0, 0.1) is 5.82 Å². The third-order valence-corrected chi connectivity index (χ3v) is 6.05. The maximum atomic E-state index is 13.2. The molecule has 2 aromatic carbocycles. The first kappa shape index (κ1) is 18.1. The van der Waals surface area contributed by atoms with Crippen molar-refractivity contribution < 1.29 is 14.3 Å². The van der Waals surface area contributed by atoms with Gasteiger partial charge in [-0.15, -0.1) is 0 Å². The highest BCUT2D eigenvalue weighted by Gasteiger charge is 2.38. The molecule has 142 valence electrons. The minimum atomic E-state index is -0.991. The van der Waals surface area contributed by atoms with E-state index in [1.807, 2.05) is 24.1 Å². The molecule has 2 aromatic rings. The Hall–Kier alpha value is -2.24. The zero-order valence-corrected chi connectivity index (χ0v) is 15.6. The molecule has 4 nitrogen and oxygen atoms in total. The lowest BCUT2D eigenvalue weighted by atomic mass is 9.84. The van der Waals surface area contributed by atoms with Gasteiger partial charge in [0, 0.05) is 19.6 Å². The van der Waals surface area contributed by atoms with E-state index < -0.39 is 5.60 Å². The van der Waals surface area contributed by atoms with Crippen molar-refractivity contribution in [2.45, 2.75) is 37.5 Å². The number of rotatable bonds is 2. The molecule has 1 saturated heterocycles. The molecule has 5 heteroatoms. The van der Waals surface area contributed by atoms with Gasteiger partial charge in [0.15, 0.2) is 0 Å². The van der Waals surface area contributed by atoms with E-state index in [0.717, 1.165) is 18.5 Å². The zero-order valence-electron chi connectivity index (χ0n) is 15.6. The lowest BCUT2D eigenvalue weighted by molar-refractivity contribution is -0.141. The topological polar surface area (TPSA) is 43.8 Å².